The molecule has 0 bridgehead atoms. The van der Waals surface area contributed by atoms with Crippen LogP contribution in [0, 0.1) is 5.82 Å². The number of rotatable bonds is 2. The van der Waals surface area contributed by atoms with Crippen molar-refractivity contribution in [3.63, 3.8) is 0 Å². The fraction of sp³-hybridized carbons (Fsp3) is 0.200. The molecule has 1 fully saturated rings. The Hall–Kier alpha value is -1.91. The molecule has 0 aliphatic carbocycles. The molecule has 1 amide bonds. The van der Waals surface area contributed by atoms with E-state index < -0.39 is 18.1 Å². The Kier molecular flexibility index (Phi) is 2.37. The van der Waals surface area contributed by atoms with Crippen LogP contribution in [-0.2, 0) is 16.0 Å². The van der Waals surface area contributed by atoms with E-state index in [0.717, 1.165) is 5.56 Å². The van der Waals surface area contributed by atoms with E-state index >= 15 is 0 Å². The Balaban J connectivity index is 2.06. The van der Waals surface area contributed by atoms with E-state index in [9.17, 15) is 14.0 Å². The average molecular weight is 209 g/mol. The smallest absolute Gasteiger partial charge is 0.375 e. The Morgan fingerprint density at radius 2 is 1.93 bits per heavy atom. The first kappa shape index (κ1) is 9.64. The molecule has 0 spiro atoms. The largest absolute Gasteiger partial charge is 0.415 e. The number of ether oxygens (including phenoxy) is 1. The van der Waals surface area contributed by atoms with Gasteiger partial charge in [-0.25, -0.2) is 14.0 Å². The number of benzene rings is 1. The van der Waals surface area contributed by atoms with Gasteiger partial charge in [0.2, 0.25) is 0 Å². The summed E-state index contributed by atoms with van der Waals surface area (Å²) in [4.78, 5) is 21.8. The molecular weight excluding hydrogens is 201 g/mol. The fourth-order valence-corrected chi connectivity index (χ4v) is 1.38. The van der Waals surface area contributed by atoms with Crippen molar-refractivity contribution >= 4 is 12.1 Å². The molecule has 0 unspecified atom stereocenters. The first-order chi connectivity index (χ1) is 7.15. The standard InChI is InChI=1S/C10H8FNO3/c11-7-3-1-6(2-4-7)5-8-9(13)15-10(14)12-8/h1-4,8H,5H2,(H,12,14)/t8-/m1/s1. The maximum atomic E-state index is 12.6. The van der Waals surface area contributed by atoms with Crippen LogP contribution in [-0.4, -0.2) is 18.1 Å². The SMILES string of the molecule is O=C1N[C@H](Cc2ccc(F)cc2)C(=O)O1. The van der Waals surface area contributed by atoms with Gasteiger partial charge in [-0.1, -0.05) is 12.1 Å². The van der Waals surface area contributed by atoms with E-state index in [2.05, 4.69) is 10.1 Å². The summed E-state index contributed by atoms with van der Waals surface area (Å²) >= 11 is 0. The lowest BCUT2D eigenvalue weighted by Gasteiger charge is -2.04. The van der Waals surface area contributed by atoms with Gasteiger partial charge in [0, 0.05) is 6.42 Å². The number of nitrogens with one attached hydrogen (secondary N) is 1. The van der Waals surface area contributed by atoms with Crippen LogP contribution in [0.2, 0.25) is 0 Å². The van der Waals surface area contributed by atoms with Crippen molar-refractivity contribution in [3.8, 4) is 0 Å². The molecule has 1 heterocycles. The van der Waals surface area contributed by atoms with Gasteiger partial charge in [0.1, 0.15) is 11.9 Å². The summed E-state index contributed by atoms with van der Waals surface area (Å²) in [7, 11) is 0. The Labute approximate surface area is 85.0 Å². The minimum atomic E-state index is -0.730. The summed E-state index contributed by atoms with van der Waals surface area (Å²) in [6.45, 7) is 0. The molecule has 1 atom stereocenters. The van der Waals surface area contributed by atoms with Crippen LogP contribution in [0.5, 0.6) is 0 Å². The number of carbonyl (C=O) groups is 2. The second kappa shape index (κ2) is 3.68. The summed E-state index contributed by atoms with van der Waals surface area (Å²) in [5, 5.41) is 2.36. The maximum absolute atomic E-state index is 12.6. The molecule has 2 rings (SSSR count). The zero-order valence-electron chi connectivity index (χ0n) is 7.70. The predicted octanol–water partition coefficient (Wildman–Crippen LogP) is 1.00. The molecule has 0 saturated carbocycles. The highest BCUT2D eigenvalue weighted by molar-refractivity contribution is 5.95. The summed E-state index contributed by atoms with van der Waals surface area (Å²) in [5.74, 6) is -0.930. The lowest BCUT2D eigenvalue weighted by molar-refractivity contribution is -0.135. The van der Waals surface area contributed by atoms with Crippen molar-refractivity contribution < 1.29 is 18.7 Å². The van der Waals surface area contributed by atoms with Crippen molar-refractivity contribution in [2.75, 3.05) is 0 Å². The lowest BCUT2D eigenvalue weighted by atomic mass is 10.1. The molecule has 1 N–H and O–H groups in total. The summed E-state index contributed by atoms with van der Waals surface area (Å²) in [5.41, 5.74) is 0.764. The second-order valence-electron chi connectivity index (χ2n) is 3.24. The number of esters is 1. The fourth-order valence-electron chi connectivity index (χ4n) is 1.38. The molecule has 1 saturated heterocycles. The number of hydrogen-bond donors (Lipinski definition) is 1. The highest BCUT2D eigenvalue weighted by atomic mass is 19.1. The monoisotopic (exact) mass is 209 g/mol. The third kappa shape index (κ3) is 2.12. The van der Waals surface area contributed by atoms with Gasteiger partial charge in [0.05, 0.1) is 0 Å². The number of amides is 1. The van der Waals surface area contributed by atoms with Crippen molar-refractivity contribution in [2.24, 2.45) is 0 Å². The molecule has 0 aromatic heterocycles. The number of carbonyl (C=O) groups excluding carboxylic acids is 2. The van der Waals surface area contributed by atoms with Crippen LogP contribution in [0.1, 0.15) is 5.56 Å². The first-order valence-electron chi connectivity index (χ1n) is 4.42. The summed E-state index contributed by atoms with van der Waals surface area (Å²) in [6.07, 6.45) is -0.419. The van der Waals surface area contributed by atoms with Gasteiger partial charge in [-0.15, -0.1) is 0 Å². The molecule has 1 aliphatic heterocycles. The molecule has 5 heteroatoms. The van der Waals surface area contributed by atoms with E-state index in [0.29, 0.717) is 6.42 Å². The van der Waals surface area contributed by atoms with E-state index in [1.54, 1.807) is 12.1 Å². The van der Waals surface area contributed by atoms with Crippen LogP contribution in [0.15, 0.2) is 24.3 Å². The van der Waals surface area contributed by atoms with Gasteiger partial charge in [-0.05, 0) is 17.7 Å². The molecule has 1 aromatic rings. The van der Waals surface area contributed by atoms with E-state index in [4.69, 9.17) is 0 Å². The van der Waals surface area contributed by atoms with Crippen LogP contribution in [0.25, 0.3) is 0 Å². The number of halogens is 1. The van der Waals surface area contributed by atoms with E-state index in [1.165, 1.54) is 12.1 Å². The van der Waals surface area contributed by atoms with Gasteiger partial charge >= 0.3 is 12.1 Å². The Bertz CT molecular complexity index is 402. The zero-order chi connectivity index (χ0) is 10.8. The van der Waals surface area contributed by atoms with Crippen molar-refractivity contribution in [1.29, 1.82) is 0 Å². The van der Waals surface area contributed by atoms with Gasteiger partial charge in [-0.2, -0.15) is 0 Å². The lowest BCUT2D eigenvalue weighted by Crippen LogP contribution is -2.30. The van der Waals surface area contributed by atoms with Crippen molar-refractivity contribution in [3.05, 3.63) is 35.6 Å². The van der Waals surface area contributed by atoms with Crippen molar-refractivity contribution in [1.82, 2.24) is 5.32 Å². The van der Waals surface area contributed by atoms with Crippen LogP contribution < -0.4 is 5.32 Å². The third-order valence-electron chi connectivity index (χ3n) is 2.12. The average Bonchev–Trinajstić information content (AvgIpc) is 2.49. The Morgan fingerprint density at radius 3 is 2.47 bits per heavy atom. The van der Waals surface area contributed by atoms with Crippen LogP contribution in [0.4, 0.5) is 9.18 Å². The van der Waals surface area contributed by atoms with Gasteiger partial charge in [0.15, 0.2) is 0 Å². The quantitative estimate of drug-likeness (QED) is 0.584. The van der Waals surface area contributed by atoms with E-state index in [1.807, 2.05) is 0 Å². The Morgan fingerprint density at radius 1 is 1.27 bits per heavy atom. The van der Waals surface area contributed by atoms with Crippen LogP contribution >= 0.6 is 0 Å². The normalized spacial score (nSPS) is 19.9. The van der Waals surface area contributed by atoms with Gasteiger partial charge in [0.25, 0.3) is 0 Å². The van der Waals surface area contributed by atoms with Crippen LogP contribution in [0.3, 0.4) is 0 Å². The molecule has 4 nitrogen and oxygen atoms in total. The molecule has 78 valence electrons. The topological polar surface area (TPSA) is 55.4 Å². The summed E-state index contributed by atoms with van der Waals surface area (Å²) in [6, 6.07) is 5.07. The molecule has 15 heavy (non-hydrogen) atoms. The second-order valence-corrected chi connectivity index (χ2v) is 3.24. The highest BCUT2D eigenvalue weighted by Gasteiger charge is 2.32. The molecule has 0 radical (unpaired) electrons. The predicted molar refractivity (Wildman–Crippen MR) is 48.5 cm³/mol. The van der Waals surface area contributed by atoms with Gasteiger partial charge in [-0.3, -0.25) is 0 Å². The molecular formula is C10H8FNO3. The number of hydrogen-bond acceptors (Lipinski definition) is 3. The highest BCUT2D eigenvalue weighted by Crippen LogP contribution is 2.09. The zero-order valence-corrected chi connectivity index (χ0v) is 7.70. The number of alkyl carbamates (subject to hydrolysis) is 1. The maximum Gasteiger partial charge on any atom is 0.415 e. The molecule has 1 aliphatic rings. The van der Waals surface area contributed by atoms with E-state index in [-0.39, 0.29) is 5.82 Å². The molecule has 1 aromatic carbocycles. The first-order valence-corrected chi connectivity index (χ1v) is 4.42. The van der Waals surface area contributed by atoms with Crippen molar-refractivity contribution in [2.45, 2.75) is 12.5 Å². The van der Waals surface area contributed by atoms with Gasteiger partial charge < -0.3 is 10.1 Å². The number of cyclic esters (lactones) is 2. The minimum absolute atomic E-state index is 0.310. The third-order valence-corrected chi connectivity index (χ3v) is 2.12. The minimum Gasteiger partial charge on any atom is -0.375 e. The summed E-state index contributed by atoms with van der Waals surface area (Å²) < 4.78 is 16.9.